The third-order valence-corrected chi connectivity index (χ3v) is 2.35. The molecule has 0 fully saturated rings. The average Bonchev–Trinajstić information content (AvgIpc) is 2.24. The zero-order chi connectivity index (χ0) is 12.0. The summed E-state index contributed by atoms with van der Waals surface area (Å²) in [6, 6.07) is 6.07. The first-order valence-corrected chi connectivity index (χ1v) is 5.26. The summed E-state index contributed by atoms with van der Waals surface area (Å²) in [7, 11) is 1.66. The first kappa shape index (κ1) is 12.5. The van der Waals surface area contributed by atoms with Gasteiger partial charge >= 0.3 is 0 Å². The van der Waals surface area contributed by atoms with Crippen molar-refractivity contribution in [1.82, 2.24) is 5.32 Å². The molecule has 0 radical (unpaired) electrons. The smallest absolute Gasteiger partial charge is 0.231 e. The minimum Gasteiger partial charge on any atom is -0.496 e. The van der Waals surface area contributed by atoms with Crippen LogP contribution in [0.1, 0.15) is 11.1 Å². The van der Waals surface area contributed by atoms with E-state index in [-0.39, 0.29) is 12.5 Å². The van der Waals surface area contributed by atoms with Gasteiger partial charge < -0.3 is 15.8 Å². The maximum absolute atomic E-state index is 10.5. The van der Waals surface area contributed by atoms with E-state index >= 15 is 0 Å². The molecule has 0 saturated carbocycles. The number of ether oxygens (including phenoxy) is 1. The Morgan fingerprint density at radius 1 is 1.50 bits per heavy atom. The van der Waals surface area contributed by atoms with Crippen molar-refractivity contribution in [3.63, 3.8) is 0 Å². The molecule has 4 nitrogen and oxygen atoms in total. The second kappa shape index (κ2) is 6.12. The fourth-order valence-corrected chi connectivity index (χ4v) is 1.54. The number of nitrogens with one attached hydrogen (secondary N) is 1. The molecule has 0 bridgehead atoms. The predicted octanol–water partition coefficient (Wildman–Crippen LogP) is 0.621. The molecule has 1 aromatic carbocycles. The van der Waals surface area contributed by atoms with Gasteiger partial charge in [-0.15, -0.1) is 0 Å². The highest BCUT2D eigenvalue weighted by molar-refractivity contribution is 5.75. The van der Waals surface area contributed by atoms with E-state index in [1.807, 2.05) is 19.1 Å². The fraction of sp³-hybridized carbons (Fsp3) is 0.417. The van der Waals surface area contributed by atoms with Crippen LogP contribution >= 0.6 is 0 Å². The molecular weight excluding hydrogens is 204 g/mol. The molecule has 1 aromatic rings. The number of amides is 1. The van der Waals surface area contributed by atoms with Crippen LogP contribution in [0.25, 0.3) is 0 Å². The van der Waals surface area contributed by atoms with Gasteiger partial charge in [-0.1, -0.05) is 12.1 Å². The molecule has 0 heterocycles. The average molecular weight is 222 g/mol. The lowest BCUT2D eigenvalue weighted by Gasteiger charge is -2.07. The highest BCUT2D eigenvalue weighted by atomic mass is 16.5. The Hall–Kier alpha value is -1.55. The number of hydrogen-bond acceptors (Lipinski definition) is 3. The topological polar surface area (TPSA) is 64.3 Å². The number of carbonyl (C=O) groups is 1. The minimum absolute atomic E-state index is 0.231. The summed E-state index contributed by atoms with van der Waals surface area (Å²) in [5.74, 6) is 0.569. The van der Waals surface area contributed by atoms with Gasteiger partial charge in [-0.25, -0.2) is 0 Å². The molecule has 0 aromatic heterocycles. The third kappa shape index (κ3) is 3.90. The molecule has 0 atom stereocenters. The molecule has 0 aliphatic heterocycles. The largest absolute Gasteiger partial charge is 0.496 e. The Bertz CT molecular complexity index is 364. The van der Waals surface area contributed by atoms with E-state index < -0.39 is 0 Å². The lowest BCUT2D eigenvalue weighted by atomic mass is 10.1. The number of methoxy groups -OCH3 is 1. The SMILES string of the molecule is COc1ccc(CCNCC(N)=O)cc1C. The zero-order valence-corrected chi connectivity index (χ0v) is 9.75. The second-order valence-corrected chi connectivity index (χ2v) is 3.70. The van der Waals surface area contributed by atoms with Crippen molar-refractivity contribution in [2.45, 2.75) is 13.3 Å². The summed E-state index contributed by atoms with van der Waals surface area (Å²) >= 11 is 0. The summed E-state index contributed by atoms with van der Waals surface area (Å²) in [6.07, 6.45) is 0.873. The lowest BCUT2D eigenvalue weighted by molar-refractivity contribution is -0.117. The van der Waals surface area contributed by atoms with Gasteiger partial charge in [-0.05, 0) is 37.1 Å². The van der Waals surface area contributed by atoms with Gasteiger partial charge in [-0.3, -0.25) is 4.79 Å². The molecule has 0 aliphatic carbocycles. The van der Waals surface area contributed by atoms with Crippen LogP contribution in [-0.4, -0.2) is 26.1 Å². The van der Waals surface area contributed by atoms with Crippen molar-refractivity contribution in [2.24, 2.45) is 5.73 Å². The molecule has 16 heavy (non-hydrogen) atoms. The van der Waals surface area contributed by atoms with E-state index in [0.29, 0.717) is 0 Å². The first-order chi connectivity index (χ1) is 7.63. The van der Waals surface area contributed by atoms with Crippen LogP contribution in [0.4, 0.5) is 0 Å². The molecule has 0 unspecified atom stereocenters. The molecule has 0 aliphatic rings. The molecule has 1 rings (SSSR count). The van der Waals surface area contributed by atoms with E-state index in [1.54, 1.807) is 7.11 Å². The van der Waals surface area contributed by atoms with Crippen LogP contribution in [0.5, 0.6) is 5.75 Å². The van der Waals surface area contributed by atoms with Gasteiger partial charge in [0.25, 0.3) is 0 Å². The van der Waals surface area contributed by atoms with E-state index in [0.717, 1.165) is 24.3 Å². The quantitative estimate of drug-likeness (QED) is 0.693. The highest BCUT2D eigenvalue weighted by Crippen LogP contribution is 2.18. The van der Waals surface area contributed by atoms with Crippen molar-refractivity contribution in [2.75, 3.05) is 20.2 Å². The van der Waals surface area contributed by atoms with Gasteiger partial charge in [0.05, 0.1) is 13.7 Å². The normalized spacial score (nSPS) is 10.1. The number of hydrogen-bond donors (Lipinski definition) is 2. The van der Waals surface area contributed by atoms with E-state index in [4.69, 9.17) is 10.5 Å². The Kier molecular flexibility index (Phi) is 4.79. The Labute approximate surface area is 95.8 Å². The maximum atomic E-state index is 10.5. The molecule has 4 heteroatoms. The van der Waals surface area contributed by atoms with Crippen molar-refractivity contribution < 1.29 is 9.53 Å². The van der Waals surface area contributed by atoms with Crippen LogP contribution < -0.4 is 15.8 Å². The van der Waals surface area contributed by atoms with Crippen LogP contribution in [0.3, 0.4) is 0 Å². The lowest BCUT2D eigenvalue weighted by Crippen LogP contribution is -2.29. The number of benzene rings is 1. The van der Waals surface area contributed by atoms with Gasteiger partial charge in [0.15, 0.2) is 0 Å². The Morgan fingerprint density at radius 3 is 2.81 bits per heavy atom. The van der Waals surface area contributed by atoms with Crippen LogP contribution in [0.2, 0.25) is 0 Å². The van der Waals surface area contributed by atoms with Crippen molar-refractivity contribution in [3.8, 4) is 5.75 Å². The number of primary amides is 1. The predicted molar refractivity (Wildman–Crippen MR) is 63.5 cm³/mol. The number of aryl methyl sites for hydroxylation is 1. The molecular formula is C12H18N2O2. The first-order valence-electron chi connectivity index (χ1n) is 5.26. The standard InChI is InChI=1S/C12H18N2O2/c1-9-7-10(3-4-11(9)16-2)5-6-14-8-12(13)15/h3-4,7,14H,5-6,8H2,1-2H3,(H2,13,15). The Morgan fingerprint density at radius 2 is 2.25 bits per heavy atom. The molecule has 0 saturated heterocycles. The van der Waals surface area contributed by atoms with Gasteiger partial charge in [0.1, 0.15) is 5.75 Å². The number of nitrogens with two attached hydrogens (primary N) is 1. The third-order valence-electron chi connectivity index (χ3n) is 2.35. The summed E-state index contributed by atoms with van der Waals surface area (Å²) in [6.45, 7) is 2.99. The minimum atomic E-state index is -0.328. The highest BCUT2D eigenvalue weighted by Gasteiger charge is 2.00. The second-order valence-electron chi connectivity index (χ2n) is 3.70. The van der Waals surface area contributed by atoms with Crippen molar-refractivity contribution >= 4 is 5.91 Å². The maximum Gasteiger partial charge on any atom is 0.231 e. The molecule has 88 valence electrons. The van der Waals surface area contributed by atoms with Gasteiger partial charge in [0, 0.05) is 0 Å². The van der Waals surface area contributed by atoms with Crippen LogP contribution in [-0.2, 0) is 11.2 Å². The van der Waals surface area contributed by atoms with E-state index in [2.05, 4.69) is 11.4 Å². The summed E-state index contributed by atoms with van der Waals surface area (Å²) in [5, 5.41) is 2.98. The fourth-order valence-electron chi connectivity index (χ4n) is 1.54. The van der Waals surface area contributed by atoms with Crippen molar-refractivity contribution in [3.05, 3.63) is 29.3 Å². The van der Waals surface area contributed by atoms with Gasteiger partial charge in [0.2, 0.25) is 5.91 Å². The monoisotopic (exact) mass is 222 g/mol. The number of rotatable bonds is 6. The summed E-state index contributed by atoms with van der Waals surface area (Å²) in [4.78, 5) is 10.5. The zero-order valence-electron chi connectivity index (χ0n) is 9.75. The molecule has 3 N–H and O–H groups in total. The molecule has 0 spiro atoms. The van der Waals surface area contributed by atoms with E-state index in [9.17, 15) is 4.79 Å². The Balaban J connectivity index is 2.43. The van der Waals surface area contributed by atoms with E-state index in [1.165, 1.54) is 5.56 Å². The van der Waals surface area contributed by atoms with Crippen LogP contribution in [0.15, 0.2) is 18.2 Å². The van der Waals surface area contributed by atoms with Crippen LogP contribution in [0, 0.1) is 6.92 Å². The van der Waals surface area contributed by atoms with Crippen molar-refractivity contribution in [1.29, 1.82) is 0 Å². The van der Waals surface area contributed by atoms with Gasteiger partial charge in [-0.2, -0.15) is 0 Å². The summed E-state index contributed by atoms with van der Waals surface area (Å²) < 4.78 is 5.18. The number of carbonyl (C=O) groups excluding carboxylic acids is 1. The summed E-state index contributed by atoms with van der Waals surface area (Å²) in [5.41, 5.74) is 7.35. The molecule has 1 amide bonds.